The van der Waals surface area contributed by atoms with Crippen LogP contribution in [0, 0.1) is 11.8 Å². The number of aryl methyl sites for hydroxylation is 1. The molecular formula is C22H23ClN2O4S. The third-order valence-corrected chi connectivity index (χ3v) is 7.37. The quantitative estimate of drug-likeness (QED) is 0.604. The minimum absolute atomic E-state index is 0.273. The second-order valence-electron chi connectivity index (χ2n) is 7.85. The number of benzene rings is 1. The van der Waals surface area contributed by atoms with Crippen LogP contribution in [0.4, 0.5) is 10.7 Å². The van der Waals surface area contributed by atoms with Crippen LogP contribution < -0.4 is 10.6 Å². The lowest BCUT2D eigenvalue weighted by Crippen LogP contribution is -2.36. The van der Waals surface area contributed by atoms with Crippen molar-refractivity contribution in [2.75, 3.05) is 10.6 Å². The van der Waals surface area contributed by atoms with Gasteiger partial charge in [-0.1, -0.05) is 24.4 Å². The molecule has 4 rings (SSSR count). The number of halogens is 1. The summed E-state index contributed by atoms with van der Waals surface area (Å²) < 4.78 is 0. The summed E-state index contributed by atoms with van der Waals surface area (Å²) in [5, 5.41) is 16.4. The van der Waals surface area contributed by atoms with Crippen molar-refractivity contribution in [2.24, 2.45) is 11.8 Å². The minimum atomic E-state index is -0.927. The highest BCUT2D eigenvalue weighted by molar-refractivity contribution is 7.17. The van der Waals surface area contributed by atoms with E-state index in [1.54, 1.807) is 24.3 Å². The van der Waals surface area contributed by atoms with E-state index in [-0.39, 0.29) is 11.8 Å². The third kappa shape index (κ3) is 4.23. The van der Waals surface area contributed by atoms with Gasteiger partial charge in [0.05, 0.1) is 17.4 Å². The van der Waals surface area contributed by atoms with Crippen LogP contribution in [0.3, 0.4) is 0 Å². The molecule has 6 nitrogen and oxygen atoms in total. The number of hydrogen-bond acceptors (Lipinski definition) is 4. The molecule has 0 bridgehead atoms. The van der Waals surface area contributed by atoms with Crippen LogP contribution in [0.5, 0.6) is 0 Å². The number of nitrogens with one attached hydrogen (secondary N) is 2. The molecule has 0 unspecified atom stereocenters. The zero-order valence-electron chi connectivity index (χ0n) is 16.4. The second kappa shape index (κ2) is 8.78. The summed E-state index contributed by atoms with van der Waals surface area (Å²) in [6.45, 7) is 0. The van der Waals surface area contributed by atoms with Gasteiger partial charge in [-0.25, -0.2) is 0 Å². The van der Waals surface area contributed by atoms with Gasteiger partial charge in [0.1, 0.15) is 5.00 Å². The summed E-state index contributed by atoms with van der Waals surface area (Å²) in [7, 11) is 0. The van der Waals surface area contributed by atoms with Crippen LogP contribution in [-0.4, -0.2) is 22.9 Å². The Balaban J connectivity index is 1.58. The third-order valence-electron chi connectivity index (χ3n) is 5.91. The Morgan fingerprint density at radius 3 is 2.37 bits per heavy atom. The number of thiophene rings is 1. The normalized spacial score (nSPS) is 20.4. The number of carbonyl (C=O) groups excluding carboxylic acids is 2. The minimum Gasteiger partial charge on any atom is -0.481 e. The van der Waals surface area contributed by atoms with Gasteiger partial charge in [0.15, 0.2) is 0 Å². The molecule has 1 saturated carbocycles. The van der Waals surface area contributed by atoms with Crippen LogP contribution in [0.1, 0.15) is 52.9 Å². The first kappa shape index (κ1) is 20.9. The highest BCUT2D eigenvalue weighted by Gasteiger charge is 2.37. The van der Waals surface area contributed by atoms with E-state index >= 15 is 0 Å². The summed E-state index contributed by atoms with van der Waals surface area (Å²) in [6.07, 6.45) is 5.40. The number of aliphatic carboxylic acids is 1. The highest BCUT2D eigenvalue weighted by atomic mass is 35.5. The lowest BCUT2D eigenvalue weighted by atomic mass is 9.79. The number of rotatable bonds is 5. The zero-order chi connectivity index (χ0) is 21.3. The number of carboxylic acids is 1. The lowest BCUT2D eigenvalue weighted by Gasteiger charge is -2.27. The molecule has 2 amide bonds. The molecule has 2 aliphatic carbocycles. The first-order valence-electron chi connectivity index (χ1n) is 10.2. The van der Waals surface area contributed by atoms with Crippen LogP contribution in [-0.2, 0) is 22.4 Å². The van der Waals surface area contributed by atoms with E-state index < -0.39 is 17.8 Å². The molecule has 0 spiro atoms. The Hall–Kier alpha value is -2.38. The molecule has 0 saturated heterocycles. The molecule has 2 aromatic rings. The molecule has 0 radical (unpaired) electrons. The first-order valence-corrected chi connectivity index (χ1v) is 11.4. The van der Waals surface area contributed by atoms with Crippen molar-refractivity contribution in [1.29, 1.82) is 0 Å². The van der Waals surface area contributed by atoms with Crippen molar-refractivity contribution in [2.45, 2.75) is 44.9 Å². The molecule has 3 N–H and O–H groups in total. The molecule has 2 aliphatic rings. The fourth-order valence-corrected chi connectivity index (χ4v) is 5.82. The Kier molecular flexibility index (Phi) is 6.11. The Bertz CT molecular complexity index is 986. The number of hydrogen-bond donors (Lipinski definition) is 3. The van der Waals surface area contributed by atoms with Gasteiger partial charge in [0.25, 0.3) is 5.91 Å². The maximum Gasteiger partial charge on any atom is 0.307 e. The summed E-state index contributed by atoms with van der Waals surface area (Å²) >= 11 is 7.35. The van der Waals surface area contributed by atoms with Crippen LogP contribution >= 0.6 is 22.9 Å². The average molecular weight is 447 g/mol. The maximum atomic E-state index is 13.1. The molecule has 1 heterocycles. The number of amides is 2. The van der Waals surface area contributed by atoms with Gasteiger partial charge in [-0.3, -0.25) is 14.4 Å². The average Bonchev–Trinajstić information content (AvgIpc) is 3.30. The van der Waals surface area contributed by atoms with Crippen molar-refractivity contribution in [1.82, 2.24) is 0 Å². The van der Waals surface area contributed by atoms with E-state index in [1.807, 2.05) is 0 Å². The number of anilines is 2. The molecular weight excluding hydrogens is 424 g/mol. The molecule has 0 aliphatic heterocycles. The van der Waals surface area contributed by atoms with E-state index in [0.29, 0.717) is 34.1 Å². The first-order chi connectivity index (χ1) is 14.4. The molecule has 8 heteroatoms. The summed E-state index contributed by atoms with van der Waals surface area (Å²) in [5.41, 5.74) is 2.11. The zero-order valence-corrected chi connectivity index (χ0v) is 17.9. The predicted octanol–water partition coefficient (Wildman–Crippen LogP) is 4.97. The second-order valence-corrected chi connectivity index (χ2v) is 9.39. The largest absolute Gasteiger partial charge is 0.481 e. The SMILES string of the molecule is O=C(Nc1ccc(Cl)cc1)c1c(NC(=O)[C@H]2CCCC[C@@H]2C(=O)O)sc2c1CCC2. The van der Waals surface area contributed by atoms with Gasteiger partial charge in [-0.05, 0) is 61.9 Å². The fraction of sp³-hybridized carbons (Fsp3) is 0.409. The monoisotopic (exact) mass is 446 g/mol. The van der Waals surface area contributed by atoms with Gasteiger partial charge in [0, 0.05) is 15.6 Å². The lowest BCUT2D eigenvalue weighted by molar-refractivity contribution is -0.147. The maximum absolute atomic E-state index is 13.1. The van der Waals surface area contributed by atoms with Crippen LogP contribution in [0.15, 0.2) is 24.3 Å². The molecule has 158 valence electrons. The van der Waals surface area contributed by atoms with Crippen molar-refractivity contribution >= 4 is 51.4 Å². The van der Waals surface area contributed by atoms with E-state index in [9.17, 15) is 19.5 Å². The van der Waals surface area contributed by atoms with Gasteiger partial charge in [-0.15, -0.1) is 11.3 Å². The van der Waals surface area contributed by atoms with Crippen molar-refractivity contribution < 1.29 is 19.5 Å². The molecule has 1 aromatic heterocycles. The van der Waals surface area contributed by atoms with Gasteiger partial charge in [0.2, 0.25) is 5.91 Å². The Labute approximate surface area is 183 Å². The number of fused-ring (bicyclic) bond motifs is 1. The Morgan fingerprint density at radius 1 is 0.967 bits per heavy atom. The van der Waals surface area contributed by atoms with Crippen molar-refractivity contribution in [3.8, 4) is 0 Å². The van der Waals surface area contributed by atoms with Gasteiger partial charge < -0.3 is 15.7 Å². The van der Waals surface area contributed by atoms with Crippen LogP contribution in [0.25, 0.3) is 0 Å². The smallest absolute Gasteiger partial charge is 0.307 e. The van der Waals surface area contributed by atoms with Crippen LogP contribution in [0.2, 0.25) is 5.02 Å². The van der Waals surface area contributed by atoms with Gasteiger partial charge in [-0.2, -0.15) is 0 Å². The fourth-order valence-electron chi connectivity index (χ4n) is 4.40. The highest BCUT2D eigenvalue weighted by Crippen LogP contribution is 2.40. The predicted molar refractivity (Wildman–Crippen MR) is 117 cm³/mol. The number of carboxylic acid groups (broad SMARTS) is 1. The van der Waals surface area contributed by atoms with Crippen molar-refractivity contribution in [3.05, 3.63) is 45.3 Å². The summed E-state index contributed by atoms with van der Waals surface area (Å²) in [5.74, 6) is -2.74. The van der Waals surface area contributed by atoms with E-state index in [4.69, 9.17) is 11.6 Å². The topological polar surface area (TPSA) is 95.5 Å². The number of carbonyl (C=O) groups is 3. The Morgan fingerprint density at radius 2 is 1.67 bits per heavy atom. The van der Waals surface area contributed by atoms with Crippen molar-refractivity contribution in [3.63, 3.8) is 0 Å². The summed E-state index contributed by atoms with van der Waals surface area (Å²) in [4.78, 5) is 38.8. The molecule has 1 fully saturated rings. The van der Waals surface area contributed by atoms with E-state index in [0.717, 1.165) is 42.5 Å². The van der Waals surface area contributed by atoms with Gasteiger partial charge >= 0.3 is 5.97 Å². The molecule has 2 atom stereocenters. The standard InChI is InChI=1S/C22H23ClN2O4S/c23-12-8-10-13(11-9-12)24-20(27)18-16-6-3-7-17(16)30-21(18)25-19(26)14-4-1-2-5-15(14)22(28)29/h8-11,14-15H,1-7H2,(H,24,27)(H,25,26)(H,28,29)/t14-,15-/m0/s1. The van der Waals surface area contributed by atoms with E-state index in [2.05, 4.69) is 10.6 Å². The summed E-state index contributed by atoms with van der Waals surface area (Å²) in [6, 6.07) is 6.86. The van der Waals surface area contributed by atoms with E-state index in [1.165, 1.54) is 11.3 Å². The molecule has 30 heavy (non-hydrogen) atoms. The molecule has 1 aromatic carbocycles.